The minimum absolute atomic E-state index is 0.175. The van der Waals surface area contributed by atoms with Crippen LogP contribution in [0.25, 0.3) is 0 Å². The summed E-state index contributed by atoms with van der Waals surface area (Å²) in [7, 11) is 0. The first-order valence-electron chi connectivity index (χ1n) is 8.21. The molecule has 0 aromatic heterocycles. The number of carbonyl (C=O) groups is 2. The first-order chi connectivity index (χ1) is 12.5. The Morgan fingerprint density at radius 3 is 2.58 bits per heavy atom. The molecular weight excluding hydrogens is 396 g/mol. The van der Waals surface area contributed by atoms with Gasteiger partial charge in [-0.15, -0.1) is 0 Å². The van der Waals surface area contributed by atoms with Crippen molar-refractivity contribution in [1.29, 1.82) is 0 Å². The molecule has 3 rings (SSSR count). The first kappa shape index (κ1) is 18.2. The van der Waals surface area contributed by atoms with Crippen LogP contribution in [0, 0.1) is 6.92 Å². The van der Waals surface area contributed by atoms with Crippen LogP contribution < -0.4 is 10.6 Å². The number of halogens is 1. The number of hydrogen-bond acceptors (Lipinski definition) is 3. The van der Waals surface area contributed by atoms with Gasteiger partial charge < -0.3 is 15.4 Å². The van der Waals surface area contributed by atoms with Crippen molar-refractivity contribution >= 4 is 27.9 Å². The number of nitrogens with one attached hydrogen (secondary N) is 2. The van der Waals surface area contributed by atoms with E-state index in [9.17, 15) is 9.59 Å². The standard InChI is InChI=1S/C20H19BrN2O3/c1-12-8-9-15(10-16(12)21)18-17(13(2)22-20(25)23-18)19(24)26-11-14-6-4-3-5-7-14/h3-10,18H,11H2,1-2H3,(H2,22,23,25)/t18-/m0/s1. The molecule has 0 saturated heterocycles. The maximum absolute atomic E-state index is 12.7. The third-order valence-corrected chi connectivity index (χ3v) is 5.09. The monoisotopic (exact) mass is 414 g/mol. The molecule has 0 fully saturated rings. The largest absolute Gasteiger partial charge is 0.457 e. The van der Waals surface area contributed by atoms with Crippen molar-refractivity contribution in [2.24, 2.45) is 0 Å². The number of aryl methyl sites for hydroxylation is 1. The topological polar surface area (TPSA) is 67.4 Å². The third kappa shape index (κ3) is 3.96. The Morgan fingerprint density at radius 1 is 1.15 bits per heavy atom. The summed E-state index contributed by atoms with van der Waals surface area (Å²) >= 11 is 3.50. The van der Waals surface area contributed by atoms with Gasteiger partial charge >= 0.3 is 12.0 Å². The van der Waals surface area contributed by atoms with Gasteiger partial charge in [-0.05, 0) is 36.6 Å². The van der Waals surface area contributed by atoms with Crippen molar-refractivity contribution in [3.63, 3.8) is 0 Å². The number of esters is 1. The molecule has 1 aliphatic heterocycles. The fourth-order valence-corrected chi connectivity index (χ4v) is 3.20. The lowest BCUT2D eigenvalue weighted by Crippen LogP contribution is -2.45. The van der Waals surface area contributed by atoms with Crippen molar-refractivity contribution in [3.05, 3.63) is 81.0 Å². The van der Waals surface area contributed by atoms with Gasteiger partial charge in [-0.25, -0.2) is 9.59 Å². The molecule has 26 heavy (non-hydrogen) atoms. The molecule has 1 heterocycles. The molecule has 1 atom stereocenters. The van der Waals surface area contributed by atoms with Crippen LogP contribution >= 0.6 is 15.9 Å². The maximum atomic E-state index is 12.7. The number of ether oxygens (including phenoxy) is 1. The number of hydrogen-bond donors (Lipinski definition) is 2. The minimum atomic E-state index is -0.566. The number of allylic oxidation sites excluding steroid dienone is 1. The van der Waals surface area contributed by atoms with Gasteiger partial charge in [0.05, 0.1) is 11.6 Å². The summed E-state index contributed by atoms with van der Waals surface area (Å²) in [5, 5.41) is 5.46. The summed E-state index contributed by atoms with van der Waals surface area (Å²) < 4.78 is 6.39. The Balaban J connectivity index is 1.87. The second-order valence-corrected chi connectivity index (χ2v) is 6.99. The van der Waals surface area contributed by atoms with Gasteiger partial charge in [0.15, 0.2) is 0 Å². The van der Waals surface area contributed by atoms with Gasteiger partial charge in [0.2, 0.25) is 0 Å². The van der Waals surface area contributed by atoms with Crippen LogP contribution in [0.1, 0.15) is 29.7 Å². The third-order valence-electron chi connectivity index (χ3n) is 4.23. The van der Waals surface area contributed by atoms with Crippen LogP contribution in [0.3, 0.4) is 0 Å². The second-order valence-electron chi connectivity index (χ2n) is 6.14. The van der Waals surface area contributed by atoms with Crippen LogP contribution in [0.5, 0.6) is 0 Å². The lowest BCUT2D eigenvalue weighted by Gasteiger charge is -2.28. The number of amides is 2. The van der Waals surface area contributed by atoms with Crippen LogP contribution in [0.4, 0.5) is 4.79 Å². The van der Waals surface area contributed by atoms with Crippen molar-refractivity contribution in [2.75, 3.05) is 0 Å². The lowest BCUT2D eigenvalue weighted by atomic mass is 9.95. The number of carbonyl (C=O) groups excluding carboxylic acids is 2. The molecule has 2 aromatic carbocycles. The molecule has 134 valence electrons. The molecule has 1 aliphatic rings. The lowest BCUT2D eigenvalue weighted by molar-refractivity contribution is -0.140. The molecule has 2 N–H and O–H groups in total. The van der Waals surface area contributed by atoms with E-state index in [1.54, 1.807) is 6.92 Å². The Hall–Kier alpha value is -2.60. The predicted molar refractivity (Wildman–Crippen MR) is 102 cm³/mol. The highest BCUT2D eigenvalue weighted by molar-refractivity contribution is 9.10. The van der Waals surface area contributed by atoms with Crippen LogP contribution in [-0.4, -0.2) is 12.0 Å². The van der Waals surface area contributed by atoms with Gasteiger partial charge in [0.1, 0.15) is 6.61 Å². The number of rotatable bonds is 4. The number of benzene rings is 2. The zero-order valence-corrected chi connectivity index (χ0v) is 16.1. The Labute approximate surface area is 160 Å². The van der Waals surface area contributed by atoms with Crippen molar-refractivity contribution in [1.82, 2.24) is 10.6 Å². The highest BCUT2D eigenvalue weighted by atomic mass is 79.9. The van der Waals surface area contributed by atoms with Gasteiger partial charge in [-0.1, -0.05) is 58.4 Å². The number of urea groups is 1. The van der Waals surface area contributed by atoms with E-state index in [2.05, 4.69) is 26.6 Å². The fourth-order valence-electron chi connectivity index (χ4n) is 2.80. The molecule has 0 bridgehead atoms. The summed E-state index contributed by atoms with van der Waals surface area (Å²) in [6, 6.07) is 14.3. The summed E-state index contributed by atoms with van der Waals surface area (Å²) in [5.74, 6) is -0.458. The van der Waals surface area contributed by atoms with E-state index < -0.39 is 12.0 Å². The highest BCUT2D eigenvalue weighted by Gasteiger charge is 2.32. The van der Waals surface area contributed by atoms with Crippen LogP contribution in [-0.2, 0) is 16.1 Å². The predicted octanol–water partition coefficient (Wildman–Crippen LogP) is 4.13. The average molecular weight is 415 g/mol. The Kier molecular flexibility index (Phi) is 5.42. The quantitative estimate of drug-likeness (QED) is 0.738. The van der Waals surface area contributed by atoms with E-state index in [1.807, 2.05) is 55.5 Å². The fraction of sp³-hybridized carbons (Fsp3) is 0.200. The zero-order valence-electron chi connectivity index (χ0n) is 14.5. The van der Waals surface area contributed by atoms with E-state index >= 15 is 0 Å². The van der Waals surface area contributed by atoms with Crippen molar-refractivity contribution < 1.29 is 14.3 Å². The van der Waals surface area contributed by atoms with E-state index in [0.29, 0.717) is 11.3 Å². The zero-order chi connectivity index (χ0) is 18.7. The van der Waals surface area contributed by atoms with E-state index in [-0.39, 0.29) is 12.6 Å². The molecule has 6 heteroatoms. The normalized spacial score (nSPS) is 16.7. The SMILES string of the molecule is CC1=C(C(=O)OCc2ccccc2)[C@H](c2ccc(C)c(Br)c2)NC(=O)N1. The highest BCUT2D eigenvalue weighted by Crippen LogP contribution is 2.30. The molecule has 0 spiro atoms. The van der Waals surface area contributed by atoms with Gasteiger partial charge in [0, 0.05) is 10.2 Å². The van der Waals surface area contributed by atoms with Crippen LogP contribution in [0.2, 0.25) is 0 Å². The Morgan fingerprint density at radius 2 is 1.88 bits per heavy atom. The maximum Gasteiger partial charge on any atom is 0.338 e. The molecule has 5 nitrogen and oxygen atoms in total. The molecule has 2 amide bonds. The summed E-state index contributed by atoms with van der Waals surface area (Å²) in [6.07, 6.45) is 0. The molecule has 0 radical (unpaired) electrons. The average Bonchev–Trinajstić information content (AvgIpc) is 2.62. The van der Waals surface area contributed by atoms with Crippen molar-refractivity contribution in [2.45, 2.75) is 26.5 Å². The van der Waals surface area contributed by atoms with Crippen LogP contribution in [0.15, 0.2) is 64.3 Å². The van der Waals surface area contributed by atoms with Gasteiger partial charge in [0.25, 0.3) is 0 Å². The summed E-state index contributed by atoms with van der Waals surface area (Å²) in [6.45, 7) is 3.85. The Bertz CT molecular complexity index is 878. The molecule has 0 aliphatic carbocycles. The summed E-state index contributed by atoms with van der Waals surface area (Å²) in [5.41, 5.74) is 3.68. The second kappa shape index (κ2) is 7.74. The first-order valence-corrected chi connectivity index (χ1v) is 9.00. The van der Waals surface area contributed by atoms with Gasteiger partial charge in [-0.2, -0.15) is 0 Å². The van der Waals surface area contributed by atoms with E-state index in [1.165, 1.54) is 0 Å². The van der Waals surface area contributed by atoms with Crippen molar-refractivity contribution in [3.8, 4) is 0 Å². The van der Waals surface area contributed by atoms with E-state index in [0.717, 1.165) is 21.2 Å². The van der Waals surface area contributed by atoms with E-state index in [4.69, 9.17) is 4.74 Å². The van der Waals surface area contributed by atoms with Gasteiger partial charge in [-0.3, -0.25) is 0 Å². The minimum Gasteiger partial charge on any atom is -0.457 e. The molecular formula is C20H19BrN2O3. The smallest absolute Gasteiger partial charge is 0.338 e. The molecule has 2 aromatic rings. The summed E-state index contributed by atoms with van der Waals surface area (Å²) in [4.78, 5) is 24.7. The molecule has 0 saturated carbocycles. The molecule has 0 unspecified atom stereocenters.